The van der Waals surface area contributed by atoms with Crippen molar-refractivity contribution in [3.8, 4) is 0 Å². The fourth-order valence-corrected chi connectivity index (χ4v) is 4.80. The number of urea groups is 1. The summed E-state index contributed by atoms with van der Waals surface area (Å²) < 4.78 is 0. The zero-order valence-corrected chi connectivity index (χ0v) is 16.8. The van der Waals surface area contributed by atoms with Crippen LogP contribution in [0.4, 0.5) is 4.79 Å². The van der Waals surface area contributed by atoms with Crippen molar-refractivity contribution in [3.63, 3.8) is 0 Å². The van der Waals surface area contributed by atoms with Crippen molar-refractivity contribution >= 4 is 11.9 Å². The first-order chi connectivity index (χ1) is 12.9. The van der Waals surface area contributed by atoms with Crippen molar-refractivity contribution < 1.29 is 9.59 Å². The number of benzene rings is 1. The van der Waals surface area contributed by atoms with Crippen molar-refractivity contribution in [1.29, 1.82) is 0 Å². The maximum atomic E-state index is 13.4. The number of carbonyl (C=O) groups excluding carboxylic acids is 2. The van der Waals surface area contributed by atoms with Gasteiger partial charge in [0.25, 0.3) is 5.91 Å². The predicted octanol–water partition coefficient (Wildman–Crippen LogP) is 3.74. The molecule has 2 heterocycles. The van der Waals surface area contributed by atoms with Crippen LogP contribution in [0.15, 0.2) is 23.4 Å². The Kier molecular flexibility index (Phi) is 4.49. The molecule has 0 radical (unpaired) electrons. The number of amides is 3. The highest BCUT2D eigenvalue weighted by atomic mass is 16.2. The lowest BCUT2D eigenvalue weighted by molar-refractivity contribution is -0.128. The van der Waals surface area contributed by atoms with E-state index in [0.29, 0.717) is 12.6 Å². The number of rotatable bonds is 2. The lowest BCUT2D eigenvalue weighted by atomic mass is 9.89. The van der Waals surface area contributed by atoms with E-state index in [0.717, 1.165) is 35.2 Å². The van der Waals surface area contributed by atoms with E-state index in [1.807, 2.05) is 4.90 Å². The molecular weight excluding hydrogens is 338 g/mol. The molecule has 1 N–H and O–H groups in total. The summed E-state index contributed by atoms with van der Waals surface area (Å²) in [5.41, 5.74) is 6.19. The number of likely N-dealkylation sites (N-methyl/N-ethyl adjacent to an activating group) is 1. The summed E-state index contributed by atoms with van der Waals surface area (Å²) in [6.07, 6.45) is 5.78. The molecule has 5 nitrogen and oxygen atoms in total. The maximum Gasteiger partial charge on any atom is 0.322 e. The molecule has 0 bridgehead atoms. The molecule has 3 amide bonds. The number of nitrogens with zero attached hydrogens (tertiary/aromatic N) is 2. The van der Waals surface area contributed by atoms with Gasteiger partial charge in [0.1, 0.15) is 0 Å². The lowest BCUT2D eigenvalue weighted by Gasteiger charge is -2.32. The van der Waals surface area contributed by atoms with Gasteiger partial charge in [-0.25, -0.2) is 4.79 Å². The topological polar surface area (TPSA) is 52.7 Å². The molecule has 0 unspecified atom stereocenters. The Morgan fingerprint density at radius 3 is 2.33 bits per heavy atom. The molecular formula is C22H29N3O2. The van der Waals surface area contributed by atoms with Gasteiger partial charge < -0.3 is 10.2 Å². The third kappa shape index (κ3) is 2.93. The van der Waals surface area contributed by atoms with E-state index in [-0.39, 0.29) is 18.0 Å². The minimum atomic E-state index is -0.357. The number of hydrogen-bond donors (Lipinski definition) is 1. The quantitative estimate of drug-likeness (QED) is 0.866. The van der Waals surface area contributed by atoms with Gasteiger partial charge >= 0.3 is 6.03 Å². The van der Waals surface area contributed by atoms with Crippen LogP contribution in [0.2, 0.25) is 0 Å². The van der Waals surface area contributed by atoms with Gasteiger partial charge in [-0.15, -0.1) is 0 Å². The molecule has 27 heavy (non-hydrogen) atoms. The lowest BCUT2D eigenvalue weighted by Crippen LogP contribution is -2.45. The molecule has 0 saturated heterocycles. The molecule has 1 fully saturated rings. The SMILES string of the molecule is Cc1cc(C)c([C@H]2NC(=O)N(C)C3=C2C(=O)N(C2CCCCC2)C3)cc1C. The second-order valence-corrected chi connectivity index (χ2v) is 8.32. The second-order valence-electron chi connectivity index (χ2n) is 8.32. The average Bonchev–Trinajstić information content (AvgIpc) is 3.00. The van der Waals surface area contributed by atoms with Gasteiger partial charge in [0, 0.05) is 13.1 Å². The molecule has 1 saturated carbocycles. The van der Waals surface area contributed by atoms with Crippen LogP contribution in [0, 0.1) is 20.8 Å². The number of hydrogen-bond acceptors (Lipinski definition) is 2. The van der Waals surface area contributed by atoms with Crippen LogP contribution in [-0.2, 0) is 4.79 Å². The Balaban J connectivity index is 1.74. The first kappa shape index (κ1) is 18.1. The van der Waals surface area contributed by atoms with Gasteiger partial charge in [-0.3, -0.25) is 9.69 Å². The van der Waals surface area contributed by atoms with Crippen LogP contribution in [-0.4, -0.2) is 41.4 Å². The molecule has 0 spiro atoms. The molecule has 0 aromatic heterocycles. The van der Waals surface area contributed by atoms with Crippen molar-refractivity contribution in [2.75, 3.05) is 13.6 Å². The highest BCUT2D eigenvalue weighted by Gasteiger charge is 2.45. The van der Waals surface area contributed by atoms with Crippen LogP contribution in [0.3, 0.4) is 0 Å². The maximum absolute atomic E-state index is 13.4. The van der Waals surface area contributed by atoms with Crippen molar-refractivity contribution in [2.24, 2.45) is 0 Å². The second kappa shape index (κ2) is 6.70. The number of aryl methyl sites for hydroxylation is 3. The van der Waals surface area contributed by atoms with E-state index in [9.17, 15) is 9.59 Å². The zero-order valence-electron chi connectivity index (χ0n) is 16.8. The first-order valence-electron chi connectivity index (χ1n) is 10.0. The van der Waals surface area contributed by atoms with Crippen molar-refractivity contribution in [1.82, 2.24) is 15.1 Å². The molecule has 5 heteroatoms. The van der Waals surface area contributed by atoms with E-state index in [2.05, 4.69) is 38.2 Å². The Hall–Kier alpha value is -2.30. The largest absolute Gasteiger partial charge is 0.330 e. The summed E-state index contributed by atoms with van der Waals surface area (Å²) in [5, 5.41) is 3.08. The van der Waals surface area contributed by atoms with Crippen LogP contribution in [0.5, 0.6) is 0 Å². The standard InChI is InChI=1S/C22H29N3O2/c1-13-10-15(3)17(11-14(13)2)20-19-18(24(4)22(27)23-20)12-25(21(19)26)16-8-6-5-7-9-16/h10-11,16,20H,5-9,12H2,1-4H3,(H,23,27)/t20-/m1/s1. The molecule has 1 aliphatic carbocycles. The Morgan fingerprint density at radius 1 is 0.963 bits per heavy atom. The zero-order chi connectivity index (χ0) is 19.3. The van der Waals surface area contributed by atoms with Crippen LogP contribution in [0.1, 0.15) is 60.4 Å². The predicted molar refractivity (Wildman–Crippen MR) is 105 cm³/mol. The Bertz CT molecular complexity index is 836. The summed E-state index contributed by atoms with van der Waals surface area (Å²) in [6.45, 7) is 6.79. The molecule has 1 aromatic carbocycles. The number of carbonyl (C=O) groups is 2. The van der Waals surface area contributed by atoms with Crippen molar-refractivity contribution in [2.45, 2.75) is 65.0 Å². The summed E-state index contributed by atoms with van der Waals surface area (Å²) in [7, 11) is 1.77. The molecule has 4 rings (SSSR count). The minimum Gasteiger partial charge on any atom is -0.330 e. The van der Waals surface area contributed by atoms with Crippen LogP contribution >= 0.6 is 0 Å². The van der Waals surface area contributed by atoms with Gasteiger partial charge in [-0.05, 0) is 55.9 Å². The molecule has 3 aliphatic rings. The van der Waals surface area contributed by atoms with E-state index in [1.165, 1.54) is 30.4 Å². The van der Waals surface area contributed by atoms with E-state index < -0.39 is 0 Å². The van der Waals surface area contributed by atoms with E-state index >= 15 is 0 Å². The highest BCUT2D eigenvalue weighted by molar-refractivity contribution is 6.01. The monoisotopic (exact) mass is 367 g/mol. The van der Waals surface area contributed by atoms with Gasteiger partial charge in [-0.1, -0.05) is 31.4 Å². The summed E-state index contributed by atoms with van der Waals surface area (Å²) in [4.78, 5) is 29.7. The summed E-state index contributed by atoms with van der Waals surface area (Å²) in [5.74, 6) is 0.103. The van der Waals surface area contributed by atoms with Crippen molar-refractivity contribution in [3.05, 3.63) is 45.7 Å². The van der Waals surface area contributed by atoms with Gasteiger partial charge in [0.15, 0.2) is 0 Å². The average molecular weight is 367 g/mol. The van der Waals surface area contributed by atoms with E-state index in [1.54, 1.807) is 11.9 Å². The molecule has 1 atom stereocenters. The fourth-order valence-electron chi connectivity index (χ4n) is 4.80. The first-order valence-corrected chi connectivity index (χ1v) is 10.0. The third-order valence-corrected chi connectivity index (χ3v) is 6.60. The van der Waals surface area contributed by atoms with Gasteiger partial charge in [0.05, 0.1) is 23.9 Å². The number of nitrogens with one attached hydrogen (secondary N) is 1. The summed E-state index contributed by atoms with van der Waals surface area (Å²) >= 11 is 0. The third-order valence-electron chi connectivity index (χ3n) is 6.60. The molecule has 1 aromatic rings. The van der Waals surface area contributed by atoms with Crippen LogP contribution < -0.4 is 5.32 Å². The highest BCUT2D eigenvalue weighted by Crippen LogP contribution is 2.39. The Morgan fingerprint density at radius 2 is 1.63 bits per heavy atom. The minimum absolute atomic E-state index is 0.103. The Labute approximate surface area is 161 Å². The normalized spacial score (nSPS) is 23.8. The van der Waals surface area contributed by atoms with Gasteiger partial charge in [-0.2, -0.15) is 0 Å². The molecule has 144 valence electrons. The van der Waals surface area contributed by atoms with Gasteiger partial charge in [0.2, 0.25) is 0 Å². The fraction of sp³-hybridized carbons (Fsp3) is 0.545. The van der Waals surface area contributed by atoms with Crippen LogP contribution in [0.25, 0.3) is 0 Å². The van der Waals surface area contributed by atoms with E-state index in [4.69, 9.17) is 0 Å². The smallest absolute Gasteiger partial charge is 0.322 e. The molecule has 2 aliphatic heterocycles. The summed E-state index contributed by atoms with van der Waals surface area (Å²) in [6, 6.07) is 4.09.